The van der Waals surface area contributed by atoms with E-state index in [1.165, 1.54) is 6.04 Å². The Morgan fingerprint density at radius 2 is 2.08 bits per heavy atom. The number of unbranched alkanes of at least 4 members (excludes halogenated alkanes) is 1. The second kappa shape index (κ2) is 5.54. The summed E-state index contributed by atoms with van der Waals surface area (Å²) in [5, 5.41) is -0.215. The Labute approximate surface area is 80.8 Å². The predicted molar refractivity (Wildman–Crippen MR) is 57.2 cm³/mol. The zero-order valence-corrected chi connectivity index (χ0v) is 9.66. The Balaban J connectivity index is 3.43. The fourth-order valence-electron chi connectivity index (χ4n) is 0.947. The third-order valence-corrected chi connectivity index (χ3v) is 4.93. The van der Waals surface area contributed by atoms with Crippen LogP contribution >= 0.6 is 11.6 Å². The molecule has 0 rings (SSSR count). The van der Waals surface area contributed by atoms with Gasteiger partial charge in [0.05, 0.1) is 8.07 Å². The summed E-state index contributed by atoms with van der Waals surface area (Å²) in [4.78, 5) is 10.4. The number of hydrogen-bond acceptors (Lipinski definition) is 1. The van der Waals surface area contributed by atoms with Crippen molar-refractivity contribution >= 4 is 24.9 Å². The van der Waals surface area contributed by atoms with Crippen LogP contribution in [0.1, 0.15) is 19.3 Å². The second-order valence-corrected chi connectivity index (χ2v) is 9.06. The minimum Gasteiger partial charge on any atom is -0.281 e. The minimum absolute atomic E-state index is 0.215. The SMILES string of the molecule is C=C[Si](C)(C)CCCCC(=O)Cl. The summed E-state index contributed by atoms with van der Waals surface area (Å²) in [7, 11) is -1.14. The van der Waals surface area contributed by atoms with E-state index in [2.05, 4.69) is 25.4 Å². The van der Waals surface area contributed by atoms with E-state index in [9.17, 15) is 4.79 Å². The minimum atomic E-state index is -1.14. The maximum atomic E-state index is 10.4. The molecule has 0 heterocycles. The van der Waals surface area contributed by atoms with Crippen molar-refractivity contribution < 1.29 is 4.79 Å². The van der Waals surface area contributed by atoms with Gasteiger partial charge in [-0.1, -0.05) is 25.6 Å². The summed E-state index contributed by atoms with van der Waals surface area (Å²) < 4.78 is 0. The molecule has 70 valence electrons. The van der Waals surface area contributed by atoms with Gasteiger partial charge in [-0.2, -0.15) is 0 Å². The molecular weight excluding hydrogens is 188 g/mol. The molecule has 0 bridgehead atoms. The smallest absolute Gasteiger partial charge is 0.221 e. The second-order valence-electron chi connectivity index (χ2n) is 3.75. The van der Waals surface area contributed by atoms with E-state index in [0.29, 0.717) is 6.42 Å². The highest BCUT2D eigenvalue weighted by Crippen LogP contribution is 2.15. The Bertz CT molecular complexity index is 166. The fraction of sp³-hybridized carbons (Fsp3) is 0.667. The summed E-state index contributed by atoms with van der Waals surface area (Å²) >= 11 is 5.21. The molecule has 12 heavy (non-hydrogen) atoms. The van der Waals surface area contributed by atoms with Crippen LogP contribution in [-0.4, -0.2) is 13.3 Å². The van der Waals surface area contributed by atoms with Gasteiger partial charge in [-0.3, -0.25) is 4.79 Å². The van der Waals surface area contributed by atoms with Crippen molar-refractivity contribution in [2.45, 2.75) is 38.4 Å². The zero-order valence-electron chi connectivity index (χ0n) is 7.90. The van der Waals surface area contributed by atoms with Crippen LogP contribution in [0.2, 0.25) is 19.1 Å². The van der Waals surface area contributed by atoms with E-state index in [1.54, 1.807) is 0 Å². The molecule has 0 amide bonds. The van der Waals surface area contributed by atoms with E-state index < -0.39 is 8.07 Å². The molecule has 0 aliphatic heterocycles. The van der Waals surface area contributed by atoms with Crippen molar-refractivity contribution in [1.82, 2.24) is 0 Å². The van der Waals surface area contributed by atoms with Crippen LogP contribution in [0, 0.1) is 0 Å². The number of rotatable bonds is 6. The first-order chi connectivity index (χ1) is 5.48. The maximum absolute atomic E-state index is 10.4. The summed E-state index contributed by atoms with van der Waals surface area (Å²) in [6.45, 7) is 8.38. The molecule has 0 aromatic carbocycles. The Morgan fingerprint density at radius 1 is 1.50 bits per heavy atom. The van der Waals surface area contributed by atoms with E-state index in [0.717, 1.165) is 12.8 Å². The van der Waals surface area contributed by atoms with Crippen molar-refractivity contribution in [1.29, 1.82) is 0 Å². The van der Waals surface area contributed by atoms with Crippen LogP contribution in [0.15, 0.2) is 12.3 Å². The van der Waals surface area contributed by atoms with E-state index in [1.807, 2.05) is 0 Å². The van der Waals surface area contributed by atoms with Gasteiger partial charge in [-0.05, 0) is 18.0 Å². The summed E-state index contributed by atoms with van der Waals surface area (Å²) in [5.74, 6) is 0. The zero-order chi connectivity index (χ0) is 9.61. The van der Waals surface area contributed by atoms with Gasteiger partial charge < -0.3 is 0 Å². The molecule has 1 nitrogen and oxygen atoms in total. The van der Waals surface area contributed by atoms with Crippen molar-refractivity contribution in [3.8, 4) is 0 Å². The predicted octanol–water partition coefficient (Wildman–Crippen LogP) is 3.36. The van der Waals surface area contributed by atoms with E-state index >= 15 is 0 Å². The molecule has 0 saturated carbocycles. The normalized spacial score (nSPS) is 11.2. The van der Waals surface area contributed by atoms with Gasteiger partial charge in [0.25, 0.3) is 0 Å². The first kappa shape index (κ1) is 11.9. The molecule has 0 spiro atoms. The fourth-order valence-corrected chi connectivity index (χ4v) is 2.45. The van der Waals surface area contributed by atoms with Crippen LogP contribution in [0.5, 0.6) is 0 Å². The van der Waals surface area contributed by atoms with Crippen molar-refractivity contribution in [3.63, 3.8) is 0 Å². The third-order valence-electron chi connectivity index (χ3n) is 2.00. The van der Waals surface area contributed by atoms with Gasteiger partial charge in [0.2, 0.25) is 5.24 Å². The number of carbonyl (C=O) groups excluding carboxylic acids is 1. The van der Waals surface area contributed by atoms with Crippen molar-refractivity contribution in [2.24, 2.45) is 0 Å². The van der Waals surface area contributed by atoms with Crippen molar-refractivity contribution in [3.05, 3.63) is 12.3 Å². The lowest BCUT2D eigenvalue weighted by Crippen LogP contribution is -2.21. The highest BCUT2D eigenvalue weighted by molar-refractivity contribution is 6.82. The average Bonchev–Trinajstić information content (AvgIpc) is 1.98. The highest BCUT2D eigenvalue weighted by atomic mass is 35.5. The molecular formula is C9H17ClOSi. The van der Waals surface area contributed by atoms with E-state index in [-0.39, 0.29) is 5.24 Å². The lowest BCUT2D eigenvalue weighted by atomic mass is 10.3. The first-order valence-electron chi connectivity index (χ1n) is 4.30. The topological polar surface area (TPSA) is 17.1 Å². The van der Waals surface area contributed by atoms with Gasteiger partial charge in [-0.25, -0.2) is 0 Å². The van der Waals surface area contributed by atoms with Crippen molar-refractivity contribution in [2.75, 3.05) is 0 Å². The van der Waals surface area contributed by atoms with Crippen LogP contribution in [0.4, 0.5) is 0 Å². The molecule has 0 fully saturated rings. The van der Waals surface area contributed by atoms with Crippen LogP contribution in [0.3, 0.4) is 0 Å². The highest BCUT2D eigenvalue weighted by Gasteiger charge is 2.14. The van der Waals surface area contributed by atoms with Gasteiger partial charge in [0.1, 0.15) is 0 Å². The quantitative estimate of drug-likeness (QED) is 0.369. The van der Waals surface area contributed by atoms with Crippen LogP contribution < -0.4 is 0 Å². The number of hydrogen-bond donors (Lipinski definition) is 0. The van der Waals surface area contributed by atoms with E-state index in [4.69, 9.17) is 11.6 Å². The molecule has 0 aliphatic carbocycles. The van der Waals surface area contributed by atoms with Gasteiger partial charge in [0.15, 0.2) is 0 Å². The lowest BCUT2D eigenvalue weighted by Gasteiger charge is -2.15. The average molecular weight is 205 g/mol. The molecule has 0 aliphatic rings. The monoisotopic (exact) mass is 204 g/mol. The molecule has 0 N–H and O–H groups in total. The molecule has 0 saturated heterocycles. The standard InChI is InChI=1S/C9H17ClOSi/c1-4-12(2,3)8-6-5-7-9(10)11/h4H,1,5-8H2,2-3H3. The Morgan fingerprint density at radius 3 is 2.50 bits per heavy atom. The van der Waals surface area contributed by atoms with Gasteiger partial charge in [-0.15, -0.1) is 12.3 Å². The van der Waals surface area contributed by atoms with Gasteiger partial charge >= 0.3 is 0 Å². The van der Waals surface area contributed by atoms with Crippen LogP contribution in [-0.2, 0) is 4.79 Å². The number of halogens is 1. The van der Waals surface area contributed by atoms with Gasteiger partial charge in [0, 0.05) is 6.42 Å². The molecule has 0 radical (unpaired) electrons. The summed E-state index contributed by atoms with van der Waals surface area (Å²) in [5.41, 5.74) is 2.09. The molecule has 0 unspecified atom stereocenters. The number of carbonyl (C=O) groups is 1. The molecule has 0 atom stereocenters. The lowest BCUT2D eigenvalue weighted by molar-refractivity contribution is -0.111. The summed E-state index contributed by atoms with van der Waals surface area (Å²) in [6, 6.07) is 1.21. The third kappa shape index (κ3) is 6.62. The molecule has 0 aromatic heterocycles. The maximum Gasteiger partial charge on any atom is 0.221 e. The Kier molecular flexibility index (Phi) is 5.50. The largest absolute Gasteiger partial charge is 0.281 e. The Hall–Kier alpha value is -0.0831. The molecule has 3 heteroatoms. The molecule has 0 aromatic rings. The first-order valence-corrected chi connectivity index (χ1v) is 7.96. The summed E-state index contributed by atoms with van der Waals surface area (Å²) in [6.07, 6.45) is 2.54. The van der Waals surface area contributed by atoms with Crippen LogP contribution in [0.25, 0.3) is 0 Å².